The second-order valence-corrected chi connectivity index (χ2v) is 7.75. The van der Waals surface area contributed by atoms with E-state index in [1.165, 1.54) is 6.20 Å². The van der Waals surface area contributed by atoms with Gasteiger partial charge in [-0.25, -0.2) is 4.98 Å². The molecule has 0 saturated carbocycles. The molecule has 9 heteroatoms. The number of imidazole rings is 1. The Bertz CT molecular complexity index is 1350. The standard InChI is InChI=1S/C25H27N5O4/c1-4-17-15(11-30-12-16(13-31)28-14-30)6-5-7-20(17)29-24-18-8-22(33-2)23(34-3)9-21(18)27-10-19(24)25(26)32/h5-10,12,14,31H,4,11,13H2,1-3H3,(H2,26,32)(H,27,29). The van der Waals surface area contributed by atoms with Crippen LogP contribution in [-0.2, 0) is 19.6 Å². The van der Waals surface area contributed by atoms with Crippen LogP contribution in [0.4, 0.5) is 11.4 Å². The molecule has 34 heavy (non-hydrogen) atoms. The highest BCUT2D eigenvalue weighted by Crippen LogP contribution is 2.38. The number of hydrogen-bond donors (Lipinski definition) is 3. The lowest BCUT2D eigenvalue weighted by Gasteiger charge is -2.19. The summed E-state index contributed by atoms with van der Waals surface area (Å²) < 4.78 is 12.8. The molecule has 0 saturated heterocycles. The van der Waals surface area contributed by atoms with Gasteiger partial charge in [0.25, 0.3) is 5.91 Å². The number of amides is 1. The zero-order chi connectivity index (χ0) is 24.2. The van der Waals surface area contributed by atoms with Gasteiger partial charge in [0.2, 0.25) is 0 Å². The quantitative estimate of drug-likeness (QED) is 0.349. The number of methoxy groups -OCH3 is 2. The number of aliphatic hydroxyl groups excluding tert-OH is 1. The van der Waals surface area contributed by atoms with Gasteiger partial charge >= 0.3 is 0 Å². The molecule has 2 aromatic heterocycles. The maximum Gasteiger partial charge on any atom is 0.252 e. The summed E-state index contributed by atoms with van der Waals surface area (Å²) in [7, 11) is 3.11. The zero-order valence-electron chi connectivity index (χ0n) is 19.3. The molecule has 0 aliphatic rings. The van der Waals surface area contributed by atoms with Crippen LogP contribution in [0.1, 0.15) is 34.1 Å². The molecule has 0 fully saturated rings. The largest absolute Gasteiger partial charge is 0.493 e. The van der Waals surface area contributed by atoms with Crippen molar-refractivity contribution in [3.63, 3.8) is 0 Å². The molecule has 4 rings (SSSR count). The number of rotatable bonds is 9. The number of hydrogen-bond acceptors (Lipinski definition) is 7. The Kier molecular flexibility index (Phi) is 6.65. The molecule has 0 radical (unpaired) electrons. The SMILES string of the molecule is CCc1c(Cn2cnc(CO)c2)cccc1Nc1c(C(N)=O)cnc2cc(OC)c(OC)cc12. The number of fused-ring (bicyclic) bond motifs is 1. The molecule has 0 unspecified atom stereocenters. The monoisotopic (exact) mass is 461 g/mol. The van der Waals surface area contributed by atoms with E-state index in [0.717, 1.165) is 23.2 Å². The molecule has 2 aromatic carbocycles. The fourth-order valence-electron chi connectivity index (χ4n) is 4.06. The van der Waals surface area contributed by atoms with Gasteiger partial charge in [0.15, 0.2) is 11.5 Å². The van der Waals surface area contributed by atoms with Crippen LogP contribution in [0.5, 0.6) is 11.5 Å². The van der Waals surface area contributed by atoms with Crippen LogP contribution in [0.15, 0.2) is 49.1 Å². The summed E-state index contributed by atoms with van der Waals surface area (Å²) in [6.07, 6.45) is 5.75. The first kappa shape index (κ1) is 23.1. The number of carbonyl (C=O) groups is 1. The first-order chi connectivity index (χ1) is 16.5. The van der Waals surface area contributed by atoms with Crippen molar-refractivity contribution in [2.75, 3.05) is 19.5 Å². The molecule has 2 heterocycles. The van der Waals surface area contributed by atoms with Crippen LogP contribution in [0.25, 0.3) is 10.9 Å². The predicted molar refractivity (Wildman–Crippen MR) is 130 cm³/mol. The van der Waals surface area contributed by atoms with Crippen LogP contribution >= 0.6 is 0 Å². The summed E-state index contributed by atoms with van der Waals surface area (Å²) in [5.41, 5.74) is 10.8. The highest BCUT2D eigenvalue weighted by molar-refractivity contribution is 6.08. The third-order valence-corrected chi connectivity index (χ3v) is 5.73. The van der Waals surface area contributed by atoms with Crippen molar-refractivity contribution in [3.8, 4) is 11.5 Å². The van der Waals surface area contributed by atoms with Gasteiger partial charge in [-0.15, -0.1) is 0 Å². The molecule has 0 spiro atoms. The van der Waals surface area contributed by atoms with Crippen molar-refractivity contribution < 1.29 is 19.4 Å². The minimum atomic E-state index is -0.587. The van der Waals surface area contributed by atoms with E-state index < -0.39 is 5.91 Å². The molecule has 1 amide bonds. The zero-order valence-corrected chi connectivity index (χ0v) is 19.3. The van der Waals surface area contributed by atoms with Crippen LogP contribution in [-0.4, -0.2) is 39.8 Å². The highest BCUT2D eigenvalue weighted by Gasteiger charge is 2.18. The van der Waals surface area contributed by atoms with Crippen molar-refractivity contribution >= 4 is 28.2 Å². The molecule has 9 nitrogen and oxygen atoms in total. The number of anilines is 2. The third-order valence-electron chi connectivity index (χ3n) is 5.73. The molecule has 0 aliphatic carbocycles. The minimum Gasteiger partial charge on any atom is -0.493 e. The van der Waals surface area contributed by atoms with Gasteiger partial charge in [0.1, 0.15) is 0 Å². The topological polar surface area (TPSA) is 125 Å². The average molecular weight is 462 g/mol. The van der Waals surface area contributed by atoms with Crippen LogP contribution < -0.4 is 20.5 Å². The molecule has 0 atom stereocenters. The molecule has 4 aromatic rings. The lowest BCUT2D eigenvalue weighted by molar-refractivity contribution is 0.100. The number of nitrogens with zero attached hydrogens (tertiary/aromatic N) is 3. The molecule has 4 N–H and O–H groups in total. The van der Waals surface area contributed by atoms with Crippen molar-refractivity contribution in [3.05, 3.63) is 71.4 Å². The number of ether oxygens (including phenoxy) is 2. The summed E-state index contributed by atoms with van der Waals surface area (Å²) in [5, 5.41) is 13.4. The Morgan fingerprint density at radius 2 is 1.94 bits per heavy atom. The number of carbonyl (C=O) groups excluding carboxylic acids is 1. The van der Waals surface area contributed by atoms with Crippen molar-refractivity contribution in [2.24, 2.45) is 5.73 Å². The molecule has 0 bridgehead atoms. The Labute approximate surface area is 197 Å². The second-order valence-electron chi connectivity index (χ2n) is 7.75. The fraction of sp³-hybridized carbons (Fsp3) is 0.240. The van der Waals surface area contributed by atoms with E-state index in [1.807, 2.05) is 22.9 Å². The summed E-state index contributed by atoms with van der Waals surface area (Å²) >= 11 is 0. The van der Waals surface area contributed by atoms with Crippen LogP contribution in [0, 0.1) is 0 Å². The smallest absolute Gasteiger partial charge is 0.252 e. The normalized spacial score (nSPS) is 10.9. The first-order valence-corrected chi connectivity index (χ1v) is 10.8. The summed E-state index contributed by atoms with van der Waals surface area (Å²) in [5.74, 6) is 0.473. The predicted octanol–water partition coefficient (Wildman–Crippen LogP) is 3.39. The Hall–Kier alpha value is -4.11. The molecular weight excluding hydrogens is 434 g/mol. The molecule has 0 aliphatic heterocycles. The molecular formula is C25H27N5O4. The van der Waals surface area contributed by atoms with Crippen molar-refractivity contribution in [1.29, 1.82) is 0 Å². The van der Waals surface area contributed by atoms with E-state index in [-0.39, 0.29) is 12.2 Å². The average Bonchev–Trinajstić information content (AvgIpc) is 3.30. The molecule has 176 valence electrons. The summed E-state index contributed by atoms with van der Waals surface area (Å²) in [6.45, 7) is 2.57. The lowest BCUT2D eigenvalue weighted by atomic mass is 10.0. The van der Waals surface area contributed by atoms with E-state index in [2.05, 4.69) is 28.3 Å². The summed E-state index contributed by atoms with van der Waals surface area (Å²) in [4.78, 5) is 20.9. The number of nitrogens with two attached hydrogens (primary N) is 1. The van der Waals surface area contributed by atoms with E-state index in [4.69, 9.17) is 15.2 Å². The van der Waals surface area contributed by atoms with Gasteiger partial charge in [-0.2, -0.15) is 0 Å². The lowest BCUT2D eigenvalue weighted by Crippen LogP contribution is -2.15. The van der Waals surface area contributed by atoms with E-state index >= 15 is 0 Å². The highest BCUT2D eigenvalue weighted by atomic mass is 16.5. The maximum atomic E-state index is 12.3. The van der Waals surface area contributed by atoms with Crippen molar-refractivity contribution in [2.45, 2.75) is 26.5 Å². The van der Waals surface area contributed by atoms with Gasteiger partial charge in [-0.05, 0) is 29.7 Å². The number of aromatic nitrogens is 3. The number of nitrogens with one attached hydrogen (secondary N) is 1. The minimum absolute atomic E-state index is 0.103. The number of aliphatic hydroxyl groups is 1. The fourth-order valence-corrected chi connectivity index (χ4v) is 4.06. The number of benzene rings is 2. The van der Waals surface area contributed by atoms with Crippen LogP contribution in [0.2, 0.25) is 0 Å². The Balaban J connectivity index is 1.82. The Morgan fingerprint density at radius 3 is 2.59 bits per heavy atom. The van der Waals surface area contributed by atoms with Gasteiger partial charge in [-0.1, -0.05) is 19.1 Å². The van der Waals surface area contributed by atoms with Crippen LogP contribution in [0.3, 0.4) is 0 Å². The second kappa shape index (κ2) is 9.80. The van der Waals surface area contributed by atoms with Gasteiger partial charge in [0, 0.05) is 36.1 Å². The van der Waals surface area contributed by atoms with E-state index in [9.17, 15) is 9.90 Å². The first-order valence-electron chi connectivity index (χ1n) is 10.8. The van der Waals surface area contributed by atoms with Crippen molar-refractivity contribution in [1.82, 2.24) is 14.5 Å². The third kappa shape index (κ3) is 4.38. The number of pyridine rings is 1. The maximum absolute atomic E-state index is 12.3. The van der Waals surface area contributed by atoms with Gasteiger partial charge < -0.3 is 30.2 Å². The Morgan fingerprint density at radius 1 is 1.18 bits per heavy atom. The number of primary amides is 1. The van der Waals surface area contributed by atoms with Gasteiger partial charge in [-0.3, -0.25) is 9.78 Å². The van der Waals surface area contributed by atoms with Gasteiger partial charge in [0.05, 0.1) is 49.6 Å². The van der Waals surface area contributed by atoms with E-state index in [1.54, 1.807) is 32.7 Å². The van der Waals surface area contributed by atoms with E-state index in [0.29, 0.717) is 40.3 Å². The summed E-state index contributed by atoms with van der Waals surface area (Å²) in [6, 6.07) is 9.52.